The van der Waals surface area contributed by atoms with Gasteiger partial charge in [0.25, 0.3) is 0 Å². The molecule has 3 nitrogen and oxygen atoms in total. The smallest absolute Gasteiger partial charge is 0.159 e. The molecule has 2 N–H and O–H groups in total. The zero-order valence-electron chi connectivity index (χ0n) is 9.29. The van der Waals surface area contributed by atoms with E-state index in [0.717, 1.165) is 16.8 Å². The van der Waals surface area contributed by atoms with E-state index in [1.165, 1.54) is 32.1 Å². The highest BCUT2D eigenvalue weighted by atomic mass is 79.9. The first kappa shape index (κ1) is 11.7. The van der Waals surface area contributed by atoms with Crippen molar-refractivity contribution in [3.05, 3.63) is 16.9 Å². The van der Waals surface area contributed by atoms with Crippen molar-refractivity contribution in [2.24, 2.45) is 5.92 Å². The number of nitrogens with two attached hydrogens (primary N) is 1. The van der Waals surface area contributed by atoms with Crippen LogP contribution >= 0.6 is 15.9 Å². The van der Waals surface area contributed by atoms with Gasteiger partial charge in [0.05, 0.1) is 23.0 Å². The fourth-order valence-electron chi connectivity index (χ4n) is 2.15. The van der Waals surface area contributed by atoms with Gasteiger partial charge in [-0.2, -0.15) is 0 Å². The molecule has 0 atom stereocenters. The standard InChI is InChI=1S/C12H17BrN2O/c13-10-6-15-7-11(14)12(10)16-8-9-4-2-1-3-5-9/h6-7,9H,1-5,8,14H2. The van der Waals surface area contributed by atoms with Crippen LogP contribution < -0.4 is 10.5 Å². The molecule has 0 radical (unpaired) electrons. The summed E-state index contributed by atoms with van der Waals surface area (Å²) in [5.74, 6) is 1.42. The van der Waals surface area contributed by atoms with Crippen molar-refractivity contribution >= 4 is 21.6 Å². The van der Waals surface area contributed by atoms with E-state index in [-0.39, 0.29) is 0 Å². The van der Waals surface area contributed by atoms with Gasteiger partial charge in [0.15, 0.2) is 5.75 Å². The highest BCUT2D eigenvalue weighted by Crippen LogP contribution is 2.31. The highest BCUT2D eigenvalue weighted by molar-refractivity contribution is 9.10. The Balaban J connectivity index is 1.93. The molecule has 0 unspecified atom stereocenters. The quantitative estimate of drug-likeness (QED) is 0.926. The van der Waals surface area contributed by atoms with Crippen LogP contribution in [0.2, 0.25) is 0 Å². The van der Waals surface area contributed by atoms with Crippen LogP contribution in [0.3, 0.4) is 0 Å². The van der Waals surface area contributed by atoms with Crippen LogP contribution in [0.5, 0.6) is 5.75 Å². The molecule has 4 heteroatoms. The summed E-state index contributed by atoms with van der Waals surface area (Å²) in [6, 6.07) is 0. The van der Waals surface area contributed by atoms with Crippen LogP contribution in [0.15, 0.2) is 16.9 Å². The molecular formula is C12H17BrN2O. The maximum Gasteiger partial charge on any atom is 0.159 e. The van der Waals surface area contributed by atoms with Gasteiger partial charge < -0.3 is 10.5 Å². The first-order valence-electron chi connectivity index (χ1n) is 5.79. The summed E-state index contributed by atoms with van der Waals surface area (Å²) in [7, 11) is 0. The number of nitrogens with zero attached hydrogens (tertiary/aromatic N) is 1. The predicted molar refractivity (Wildman–Crippen MR) is 68.4 cm³/mol. The van der Waals surface area contributed by atoms with Crippen LogP contribution in [0.25, 0.3) is 0 Å². The van der Waals surface area contributed by atoms with Gasteiger partial charge in [-0.3, -0.25) is 4.98 Å². The maximum atomic E-state index is 5.82. The molecule has 16 heavy (non-hydrogen) atoms. The number of pyridine rings is 1. The number of halogens is 1. The molecule has 0 bridgehead atoms. The molecule has 1 heterocycles. The number of nitrogen functional groups attached to an aromatic ring is 1. The van der Waals surface area contributed by atoms with Gasteiger partial charge in [0.1, 0.15) is 0 Å². The van der Waals surface area contributed by atoms with Crippen molar-refractivity contribution in [3.8, 4) is 5.75 Å². The van der Waals surface area contributed by atoms with E-state index < -0.39 is 0 Å². The van der Waals surface area contributed by atoms with E-state index in [4.69, 9.17) is 10.5 Å². The average Bonchev–Trinajstić information content (AvgIpc) is 2.30. The summed E-state index contributed by atoms with van der Waals surface area (Å²) >= 11 is 3.40. The third-order valence-electron chi connectivity index (χ3n) is 3.07. The molecule has 0 aromatic carbocycles. The van der Waals surface area contributed by atoms with E-state index in [1.54, 1.807) is 12.4 Å². The minimum atomic E-state index is 0.602. The molecule has 0 spiro atoms. The van der Waals surface area contributed by atoms with Crippen LogP contribution in [0, 0.1) is 5.92 Å². The lowest BCUT2D eigenvalue weighted by Gasteiger charge is -2.22. The van der Waals surface area contributed by atoms with Crippen LogP contribution in [-0.2, 0) is 0 Å². The Bertz CT molecular complexity index is 331. The summed E-state index contributed by atoms with van der Waals surface area (Å²) in [5, 5.41) is 0. The number of anilines is 1. The molecule has 88 valence electrons. The molecule has 2 rings (SSSR count). The van der Waals surface area contributed by atoms with Crippen molar-refractivity contribution in [2.75, 3.05) is 12.3 Å². The summed E-state index contributed by atoms with van der Waals surface area (Å²) < 4.78 is 6.63. The lowest BCUT2D eigenvalue weighted by Crippen LogP contribution is -2.16. The summed E-state index contributed by atoms with van der Waals surface area (Å²) in [5.41, 5.74) is 6.42. The minimum Gasteiger partial charge on any atom is -0.490 e. The molecule has 1 saturated carbocycles. The number of rotatable bonds is 3. The van der Waals surface area contributed by atoms with E-state index in [2.05, 4.69) is 20.9 Å². The first-order chi connectivity index (χ1) is 7.77. The Morgan fingerprint density at radius 1 is 1.31 bits per heavy atom. The molecule has 1 aliphatic rings. The third kappa shape index (κ3) is 2.88. The van der Waals surface area contributed by atoms with Crippen molar-refractivity contribution in [3.63, 3.8) is 0 Å². The van der Waals surface area contributed by atoms with E-state index in [9.17, 15) is 0 Å². The molecule has 1 aliphatic carbocycles. The van der Waals surface area contributed by atoms with Crippen molar-refractivity contribution in [1.29, 1.82) is 0 Å². The normalized spacial score (nSPS) is 17.3. The van der Waals surface area contributed by atoms with E-state index in [1.807, 2.05) is 0 Å². The lowest BCUT2D eigenvalue weighted by molar-refractivity contribution is 0.208. The van der Waals surface area contributed by atoms with Gasteiger partial charge in [0, 0.05) is 6.20 Å². The summed E-state index contributed by atoms with van der Waals surface area (Å²) in [6.45, 7) is 0.771. The Kier molecular flexibility index (Phi) is 4.04. The second-order valence-electron chi connectivity index (χ2n) is 4.35. The van der Waals surface area contributed by atoms with Gasteiger partial charge in [0.2, 0.25) is 0 Å². The molecule has 0 saturated heterocycles. The van der Waals surface area contributed by atoms with Crippen LogP contribution in [0.4, 0.5) is 5.69 Å². The third-order valence-corrected chi connectivity index (χ3v) is 3.63. The lowest BCUT2D eigenvalue weighted by atomic mass is 9.90. The van der Waals surface area contributed by atoms with Crippen molar-refractivity contribution in [2.45, 2.75) is 32.1 Å². The van der Waals surface area contributed by atoms with Gasteiger partial charge in [-0.1, -0.05) is 19.3 Å². The fourth-order valence-corrected chi connectivity index (χ4v) is 2.61. The van der Waals surface area contributed by atoms with E-state index in [0.29, 0.717) is 11.6 Å². The largest absolute Gasteiger partial charge is 0.490 e. The van der Waals surface area contributed by atoms with Gasteiger partial charge >= 0.3 is 0 Å². The number of hydrogen-bond acceptors (Lipinski definition) is 3. The fraction of sp³-hybridized carbons (Fsp3) is 0.583. The zero-order valence-corrected chi connectivity index (χ0v) is 10.9. The van der Waals surface area contributed by atoms with Gasteiger partial charge in [-0.15, -0.1) is 0 Å². The SMILES string of the molecule is Nc1cncc(Br)c1OCC1CCCCC1. The maximum absolute atomic E-state index is 5.82. The molecule has 1 aromatic heterocycles. The Morgan fingerprint density at radius 3 is 2.75 bits per heavy atom. The Morgan fingerprint density at radius 2 is 2.06 bits per heavy atom. The molecule has 1 fully saturated rings. The predicted octanol–water partition coefficient (Wildman–Crippen LogP) is 3.39. The number of aromatic nitrogens is 1. The molecule has 0 aliphatic heterocycles. The molecule has 1 aromatic rings. The van der Waals surface area contributed by atoms with Crippen LogP contribution in [0.1, 0.15) is 32.1 Å². The van der Waals surface area contributed by atoms with Gasteiger partial charge in [-0.25, -0.2) is 0 Å². The highest BCUT2D eigenvalue weighted by Gasteiger charge is 2.15. The van der Waals surface area contributed by atoms with E-state index >= 15 is 0 Å². The average molecular weight is 285 g/mol. The monoisotopic (exact) mass is 284 g/mol. The minimum absolute atomic E-state index is 0.602. The number of hydrogen-bond donors (Lipinski definition) is 1. The van der Waals surface area contributed by atoms with Crippen LogP contribution in [-0.4, -0.2) is 11.6 Å². The summed E-state index contributed by atoms with van der Waals surface area (Å²) in [4.78, 5) is 3.99. The topological polar surface area (TPSA) is 48.1 Å². The second kappa shape index (κ2) is 5.53. The second-order valence-corrected chi connectivity index (χ2v) is 5.21. The van der Waals surface area contributed by atoms with Gasteiger partial charge in [-0.05, 0) is 34.7 Å². The Labute approximate surface area is 105 Å². The summed E-state index contributed by atoms with van der Waals surface area (Å²) in [6.07, 6.45) is 9.94. The van der Waals surface area contributed by atoms with Crippen molar-refractivity contribution < 1.29 is 4.74 Å². The zero-order chi connectivity index (χ0) is 11.4. The molecular weight excluding hydrogens is 268 g/mol. The number of ether oxygens (including phenoxy) is 1. The Hall–Kier alpha value is -0.770. The molecule has 0 amide bonds. The van der Waals surface area contributed by atoms with Crippen molar-refractivity contribution in [1.82, 2.24) is 4.98 Å². The first-order valence-corrected chi connectivity index (χ1v) is 6.58.